The minimum Gasteiger partial charge on any atom is -0.493 e. The van der Waals surface area contributed by atoms with Crippen molar-refractivity contribution in [3.63, 3.8) is 0 Å². The van der Waals surface area contributed by atoms with E-state index in [1.165, 1.54) is 0 Å². The van der Waals surface area contributed by atoms with Crippen molar-refractivity contribution in [2.24, 2.45) is 0 Å². The van der Waals surface area contributed by atoms with E-state index in [-0.39, 0.29) is 5.91 Å². The van der Waals surface area contributed by atoms with Gasteiger partial charge in [0.05, 0.1) is 31.0 Å². The molecule has 0 spiro atoms. The lowest BCUT2D eigenvalue weighted by Gasteiger charge is -2.11. The van der Waals surface area contributed by atoms with Crippen LogP contribution in [0.15, 0.2) is 48.7 Å². The Morgan fingerprint density at radius 1 is 1.23 bits per heavy atom. The Morgan fingerprint density at radius 2 is 2.12 bits per heavy atom. The first-order valence-electron chi connectivity index (χ1n) is 8.66. The fraction of sp³-hybridized carbons (Fsp3) is 0.300. The molecule has 0 atom stereocenters. The van der Waals surface area contributed by atoms with Gasteiger partial charge in [-0.3, -0.25) is 9.78 Å². The zero-order chi connectivity index (χ0) is 18.4. The second kappa shape index (κ2) is 8.49. The van der Waals surface area contributed by atoms with Crippen LogP contribution in [0.3, 0.4) is 0 Å². The summed E-state index contributed by atoms with van der Waals surface area (Å²) < 4.78 is 12.9. The lowest BCUT2D eigenvalue weighted by atomic mass is 10.2. The van der Waals surface area contributed by atoms with Crippen LogP contribution >= 0.6 is 0 Å². The number of hydrogen-bond acceptors (Lipinski definition) is 4. The molecule has 2 heterocycles. The van der Waals surface area contributed by atoms with Crippen LogP contribution in [0, 0.1) is 0 Å². The summed E-state index contributed by atoms with van der Waals surface area (Å²) in [6.07, 6.45) is 1.71. The van der Waals surface area contributed by atoms with E-state index in [1.807, 2.05) is 54.0 Å². The third-order valence-electron chi connectivity index (χ3n) is 4.11. The molecule has 3 aromatic rings. The summed E-state index contributed by atoms with van der Waals surface area (Å²) in [5, 5.41) is 3.87. The lowest BCUT2D eigenvalue weighted by molar-refractivity contribution is 0.0939. The van der Waals surface area contributed by atoms with E-state index in [0.717, 1.165) is 22.3 Å². The summed E-state index contributed by atoms with van der Waals surface area (Å²) in [7, 11) is 1.65. The average Bonchev–Trinajstić information content (AvgIpc) is 3.05. The number of hydrogen-bond donors (Lipinski definition) is 1. The second-order valence-electron chi connectivity index (χ2n) is 5.80. The summed E-state index contributed by atoms with van der Waals surface area (Å²) >= 11 is 0. The van der Waals surface area contributed by atoms with Gasteiger partial charge in [-0.15, -0.1) is 0 Å². The minimum atomic E-state index is -0.148. The van der Waals surface area contributed by atoms with Crippen molar-refractivity contribution in [3.05, 3.63) is 60.0 Å². The number of methoxy groups -OCH3 is 1. The monoisotopic (exact) mass is 353 g/mol. The molecule has 1 amide bonds. The number of carbonyl (C=O) groups is 1. The number of nitrogens with one attached hydrogen (secondary N) is 1. The molecule has 6 nitrogen and oxygen atoms in total. The van der Waals surface area contributed by atoms with Gasteiger partial charge < -0.3 is 19.4 Å². The van der Waals surface area contributed by atoms with Crippen molar-refractivity contribution in [1.82, 2.24) is 14.9 Å². The van der Waals surface area contributed by atoms with E-state index < -0.39 is 0 Å². The normalized spacial score (nSPS) is 10.8. The first kappa shape index (κ1) is 17.9. The van der Waals surface area contributed by atoms with Gasteiger partial charge in [-0.25, -0.2) is 0 Å². The zero-order valence-electron chi connectivity index (χ0n) is 15.1. The maximum atomic E-state index is 12.8. The van der Waals surface area contributed by atoms with E-state index in [9.17, 15) is 4.79 Å². The molecule has 0 aliphatic rings. The Balaban J connectivity index is 1.92. The molecule has 0 radical (unpaired) electrons. The molecular formula is C20H23N3O3. The molecule has 3 rings (SSSR count). The molecule has 6 heteroatoms. The zero-order valence-corrected chi connectivity index (χ0v) is 15.1. The summed E-state index contributed by atoms with van der Waals surface area (Å²) in [4.78, 5) is 17.0. The van der Waals surface area contributed by atoms with E-state index in [2.05, 4.69) is 10.3 Å². The van der Waals surface area contributed by atoms with E-state index >= 15 is 0 Å². The minimum absolute atomic E-state index is 0.148. The fourth-order valence-electron chi connectivity index (χ4n) is 2.91. The summed E-state index contributed by atoms with van der Waals surface area (Å²) in [5.41, 5.74) is 2.35. The summed E-state index contributed by atoms with van der Waals surface area (Å²) in [5.74, 6) is 0.630. The largest absolute Gasteiger partial charge is 0.493 e. The predicted molar refractivity (Wildman–Crippen MR) is 100 cm³/mol. The molecule has 0 saturated carbocycles. The fourth-order valence-corrected chi connectivity index (χ4v) is 2.91. The van der Waals surface area contributed by atoms with Crippen molar-refractivity contribution < 1.29 is 14.3 Å². The van der Waals surface area contributed by atoms with Crippen molar-refractivity contribution in [2.45, 2.75) is 20.0 Å². The van der Waals surface area contributed by atoms with Crippen molar-refractivity contribution >= 4 is 16.8 Å². The van der Waals surface area contributed by atoms with Gasteiger partial charge >= 0.3 is 0 Å². The number of aromatic nitrogens is 2. The Bertz CT molecular complexity index is 875. The third kappa shape index (κ3) is 3.86. The molecule has 0 fully saturated rings. The van der Waals surface area contributed by atoms with Crippen LogP contribution in [0.2, 0.25) is 0 Å². The molecule has 1 aromatic carbocycles. The predicted octanol–water partition coefficient (Wildman–Crippen LogP) is 3.01. The average molecular weight is 353 g/mol. The highest BCUT2D eigenvalue weighted by Gasteiger charge is 2.17. The van der Waals surface area contributed by atoms with Crippen molar-refractivity contribution in [1.29, 1.82) is 0 Å². The van der Waals surface area contributed by atoms with Crippen molar-refractivity contribution in [2.75, 3.05) is 20.3 Å². The number of amides is 1. The number of fused-ring (bicyclic) bond motifs is 1. The number of ether oxygens (including phenoxy) is 2. The maximum absolute atomic E-state index is 12.8. The SMILES string of the molecule is CCOc1cccc2c1cc(C(=O)NCc1ccccn1)n2CCOC. The molecule has 0 saturated heterocycles. The molecule has 2 aromatic heterocycles. The molecule has 136 valence electrons. The Morgan fingerprint density at radius 3 is 2.85 bits per heavy atom. The van der Waals surface area contributed by atoms with Crippen LogP contribution in [0.1, 0.15) is 23.1 Å². The first-order valence-corrected chi connectivity index (χ1v) is 8.66. The number of benzene rings is 1. The Hall–Kier alpha value is -2.86. The van der Waals surface area contributed by atoms with E-state index in [4.69, 9.17) is 9.47 Å². The topological polar surface area (TPSA) is 65.4 Å². The standard InChI is InChI=1S/C20H23N3O3/c1-3-26-19-9-6-8-17-16(19)13-18(23(17)11-12-25-2)20(24)22-14-15-7-4-5-10-21-15/h4-10,13H,3,11-12,14H2,1-2H3,(H,22,24). The molecule has 0 aliphatic carbocycles. The van der Waals surface area contributed by atoms with Gasteiger partial charge in [-0.1, -0.05) is 12.1 Å². The van der Waals surface area contributed by atoms with Crippen LogP contribution in [0.4, 0.5) is 0 Å². The third-order valence-corrected chi connectivity index (χ3v) is 4.11. The van der Waals surface area contributed by atoms with Gasteiger partial charge in [-0.2, -0.15) is 0 Å². The van der Waals surface area contributed by atoms with Gasteiger partial charge in [0, 0.05) is 25.2 Å². The molecule has 0 unspecified atom stereocenters. The Kier molecular flexibility index (Phi) is 5.86. The smallest absolute Gasteiger partial charge is 0.268 e. The van der Waals surface area contributed by atoms with E-state index in [1.54, 1.807) is 13.3 Å². The number of rotatable bonds is 8. The van der Waals surface area contributed by atoms with Crippen LogP contribution in [-0.4, -0.2) is 35.8 Å². The van der Waals surface area contributed by atoms with Crippen molar-refractivity contribution in [3.8, 4) is 5.75 Å². The van der Waals surface area contributed by atoms with Crippen LogP contribution < -0.4 is 10.1 Å². The van der Waals surface area contributed by atoms with Gasteiger partial charge in [0.1, 0.15) is 11.4 Å². The first-order chi connectivity index (χ1) is 12.7. The van der Waals surface area contributed by atoms with Gasteiger partial charge in [0.2, 0.25) is 0 Å². The Labute approximate surface area is 152 Å². The number of nitrogens with zero attached hydrogens (tertiary/aromatic N) is 2. The van der Waals surface area contributed by atoms with Crippen LogP contribution in [-0.2, 0) is 17.8 Å². The van der Waals surface area contributed by atoms with Gasteiger partial charge in [0.15, 0.2) is 0 Å². The van der Waals surface area contributed by atoms with Gasteiger partial charge in [-0.05, 0) is 37.3 Å². The number of pyridine rings is 1. The molecule has 0 aliphatic heterocycles. The second-order valence-corrected chi connectivity index (χ2v) is 5.80. The van der Waals surface area contributed by atoms with Crippen LogP contribution in [0.5, 0.6) is 5.75 Å². The van der Waals surface area contributed by atoms with E-state index in [0.29, 0.717) is 32.0 Å². The lowest BCUT2D eigenvalue weighted by Crippen LogP contribution is -2.26. The molecule has 1 N–H and O–H groups in total. The quantitative estimate of drug-likeness (QED) is 0.676. The molecule has 26 heavy (non-hydrogen) atoms. The summed E-state index contributed by atoms with van der Waals surface area (Å²) in [6.45, 7) is 4.00. The summed E-state index contributed by atoms with van der Waals surface area (Å²) in [6, 6.07) is 13.4. The van der Waals surface area contributed by atoms with Gasteiger partial charge in [0.25, 0.3) is 5.91 Å². The number of carbonyl (C=O) groups excluding carboxylic acids is 1. The highest BCUT2D eigenvalue weighted by Crippen LogP contribution is 2.29. The maximum Gasteiger partial charge on any atom is 0.268 e. The molecular weight excluding hydrogens is 330 g/mol. The highest BCUT2D eigenvalue weighted by molar-refractivity contribution is 6.00. The molecule has 0 bridgehead atoms. The van der Waals surface area contributed by atoms with Crippen LogP contribution in [0.25, 0.3) is 10.9 Å². The highest BCUT2D eigenvalue weighted by atomic mass is 16.5.